The van der Waals surface area contributed by atoms with Crippen LogP contribution < -0.4 is 9.46 Å². The standard InChI is InChI=1S/C22H17FN2O4S/c23-18-13-7-8-14-19(18)28-15-20-24-22(21(29-20)16-9-3-1-4-10-16)25-30(26,27)17-11-5-2-6-12-17/h1-14,25H,15H2. The minimum atomic E-state index is -3.88. The van der Waals surface area contributed by atoms with Gasteiger partial charge in [-0.1, -0.05) is 60.7 Å². The number of oxazole rings is 1. The van der Waals surface area contributed by atoms with E-state index in [1.807, 2.05) is 6.07 Å². The number of para-hydroxylation sites is 1. The van der Waals surface area contributed by atoms with Crippen LogP contribution in [0.4, 0.5) is 10.2 Å². The van der Waals surface area contributed by atoms with Gasteiger partial charge >= 0.3 is 0 Å². The van der Waals surface area contributed by atoms with Gasteiger partial charge in [-0.15, -0.1) is 0 Å². The van der Waals surface area contributed by atoms with Gasteiger partial charge in [-0.2, -0.15) is 4.98 Å². The number of hydrogen-bond donors (Lipinski definition) is 1. The number of sulfonamides is 1. The van der Waals surface area contributed by atoms with E-state index in [1.54, 1.807) is 54.6 Å². The molecule has 3 aromatic carbocycles. The second-order valence-electron chi connectivity index (χ2n) is 6.29. The monoisotopic (exact) mass is 424 g/mol. The van der Waals surface area contributed by atoms with Gasteiger partial charge in [0.25, 0.3) is 10.0 Å². The van der Waals surface area contributed by atoms with Crippen molar-refractivity contribution in [2.45, 2.75) is 11.5 Å². The fraction of sp³-hybridized carbons (Fsp3) is 0.0455. The third-order valence-corrected chi connectivity index (χ3v) is 5.53. The van der Waals surface area contributed by atoms with E-state index >= 15 is 0 Å². The number of aromatic nitrogens is 1. The normalized spacial score (nSPS) is 11.2. The molecule has 0 fully saturated rings. The molecule has 0 aliphatic carbocycles. The maximum absolute atomic E-state index is 13.8. The number of nitrogens with zero attached hydrogens (tertiary/aromatic N) is 1. The molecular weight excluding hydrogens is 407 g/mol. The van der Waals surface area contributed by atoms with Gasteiger partial charge in [0.1, 0.15) is 0 Å². The van der Waals surface area contributed by atoms with Crippen LogP contribution in [0.1, 0.15) is 5.89 Å². The summed E-state index contributed by atoms with van der Waals surface area (Å²) in [5, 5.41) is 0. The van der Waals surface area contributed by atoms with E-state index in [-0.39, 0.29) is 34.7 Å². The average Bonchev–Trinajstić information content (AvgIpc) is 3.16. The van der Waals surface area contributed by atoms with Crippen molar-refractivity contribution in [3.05, 3.63) is 96.6 Å². The lowest BCUT2D eigenvalue weighted by molar-refractivity contribution is 0.253. The molecule has 30 heavy (non-hydrogen) atoms. The molecule has 0 aliphatic rings. The van der Waals surface area contributed by atoms with Gasteiger partial charge in [-0.3, -0.25) is 4.72 Å². The molecule has 0 amide bonds. The topological polar surface area (TPSA) is 81.4 Å². The number of benzene rings is 3. The molecule has 0 atom stereocenters. The molecule has 0 unspecified atom stereocenters. The van der Waals surface area contributed by atoms with Crippen LogP contribution in [0.2, 0.25) is 0 Å². The molecule has 152 valence electrons. The average molecular weight is 424 g/mol. The van der Waals surface area contributed by atoms with Crippen LogP contribution in [0.25, 0.3) is 11.3 Å². The summed E-state index contributed by atoms with van der Waals surface area (Å²) in [5.41, 5.74) is 0.632. The highest BCUT2D eigenvalue weighted by Crippen LogP contribution is 2.31. The largest absolute Gasteiger partial charge is 0.481 e. The van der Waals surface area contributed by atoms with Crippen molar-refractivity contribution >= 4 is 15.8 Å². The molecular formula is C22H17FN2O4S. The first-order chi connectivity index (χ1) is 14.5. The molecule has 6 nitrogen and oxygen atoms in total. The van der Waals surface area contributed by atoms with Crippen molar-refractivity contribution in [3.63, 3.8) is 0 Å². The van der Waals surface area contributed by atoms with Gasteiger partial charge in [0.15, 0.2) is 29.8 Å². The molecule has 4 rings (SSSR count). The van der Waals surface area contributed by atoms with Gasteiger partial charge in [-0.25, -0.2) is 12.8 Å². The lowest BCUT2D eigenvalue weighted by Gasteiger charge is -2.06. The Morgan fingerprint density at radius 2 is 1.53 bits per heavy atom. The maximum atomic E-state index is 13.8. The lowest BCUT2D eigenvalue weighted by atomic mass is 10.2. The van der Waals surface area contributed by atoms with E-state index in [1.165, 1.54) is 24.3 Å². The second kappa shape index (κ2) is 8.38. The second-order valence-corrected chi connectivity index (χ2v) is 7.97. The number of nitrogens with one attached hydrogen (secondary N) is 1. The molecule has 1 heterocycles. The summed E-state index contributed by atoms with van der Waals surface area (Å²) >= 11 is 0. The van der Waals surface area contributed by atoms with Gasteiger partial charge in [0, 0.05) is 5.56 Å². The van der Waals surface area contributed by atoms with E-state index in [0.29, 0.717) is 5.56 Å². The highest BCUT2D eigenvalue weighted by Gasteiger charge is 2.22. The zero-order chi connectivity index (χ0) is 21.0. The summed E-state index contributed by atoms with van der Waals surface area (Å²) in [6.07, 6.45) is 0. The van der Waals surface area contributed by atoms with Crippen LogP contribution in [0.15, 0.2) is 94.2 Å². The van der Waals surface area contributed by atoms with E-state index < -0.39 is 15.8 Å². The highest BCUT2D eigenvalue weighted by molar-refractivity contribution is 7.92. The molecule has 0 saturated heterocycles. The van der Waals surface area contributed by atoms with Crippen molar-refractivity contribution in [2.24, 2.45) is 0 Å². The number of rotatable bonds is 7. The number of hydrogen-bond acceptors (Lipinski definition) is 5. The Balaban J connectivity index is 1.66. The Bertz CT molecular complexity index is 1240. The first kappa shape index (κ1) is 19.7. The smallest absolute Gasteiger partial charge is 0.263 e. The third-order valence-electron chi connectivity index (χ3n) is 4.18. The minimum Gasteiger partial charge on any atom is -0.481 e. The molecule has 0 spiro atoms. The van der Waals surface area contributed by atoms with Crippen molar-refractivity contribution in [1.82, 2.24) is 4.98 Å². The zero-order valence-corrected chi connectivity index (χ0v) is 16.5. The van der Waals surface area contributed by atoms with Gasteiger partial charge in [0.05, 0.1) is 4.90 Å². The Morgan fingerprint density at radius 1 is 0.900 bits per heavy atom. The van der Waals surface area contributed by atoms with Crippen molar-refractivity contribution in [1.29, 1.82) is 0 Å². The quantitative estimate of drug-likeness (QED) is 0.458. The predicted octanol–water partition coefficient (Wildman–Crippen LogP) is 4.86. The van der Waals surface area contributed by atoms with Crippen LogP contribution in [0.3, 0.4) is 0 Å². The fourth-order valence-electron chi connectivity index (χ4n) is 2.77. The van der Waals surface area contributed by atoms with Crippen LogP contribution in [0.5, 0.6) is 5.75 Å². The summed E-state index contributed by atoms with van der Waals surface area (Å²) in [6.45, 7) is -0.173. The zero-order valence-electron chi connectivity index (χ0n) is 15.7. The first-order valence-electron chi connectivity index (χ1n) is 9.03. The Hall–Kier alpha value is -3.65. The first-order valence-corrected chi connectivity index (χ1v) is 10.5. The molecule has 4 aromatic rings. The van der Waals surface area contributed by atoms with Crippen LogP contribution in [-0.4, -0.2) is 13.4 Å². The van der Waals surface area contributed by atoms with Crippen LogP contribution >= 0.6 is 0 Å². The lowest BCUT2D eigenvalue weighted by Crippen LogP contribution is -2.13. The molecule has 0 saturated carbocycles. The molecule has 8 heteroatoms. The van der Waals surface area contributed by atoms with Gasteiger partial charge in [-0.05, 0) is 24.3 Å². The number of anilines is 1. The van der Waals surface area contributed by atoms with Crippen molar-refractivity contribution < 1.29 is 22.0 Å². The fourth-order valence-corrected chi connectivity index (χ4v) is 3.79. The van der Waals surface area contributed by atoms with Gasteiger partial charge in [0.2, 0.25) is 5.89 Å². The third kappa shape index (κ3) is 4.33. The molecule has 0 radical (unpaired) electrons. The van der Waals surface area contributed by atoms with Crippen LogP contribution in [0, 0.1) is 5.82 Å². The van der Waals surface area contributed by atoms with E-state index in [9.17, 15) is 12.8 Å². The summed E-state index contributed by atoms with van der Waals surface area (Å²) in [4.78, 5) is 4.33. The van der Waals surface area contributed by atoms with E-state index in [2.05, 4.69) is 9.71 Å². The van der Waals surface area contributed by atoms with E-state index in [4.69, 9.17) is 9.15 Å². The van der Waals surface area contributed by atoms with Crippen molar-refractivity contribution in [3.8, 4) is 17.1 Å². The Morgan fingerprint density at radius 3 is 2.23 bits per heavy atom. The predicted molar refractivity (Wildman–Crippen MR) is 110 cm³/mol. The van der Waals surface area contributed by atoms with Crippen LogP contribution in [-0.2, 0) is 16.6 Å². The molecule has 1 aromatic heterocycles. The SMILES string of the molecule is O=S(=O)(Nc1nc(COc2ccccc2F)oc1-c1ccccc1)c1ccccc1. The Kier molecular flexibility index (Phi) is 5.49. The summed E-state index contributed by atoms with van der Waals surface area (Å²) in [7, 11) is -3.88. The summed E-state index contributed by atoms with van der Waals surface area (Å²) in [6, 6.07) is 22.8. The van der Waals surface area contributed by atoms with Crippen molar-refractivity contribution in [2.75, 3.05) is 4.72 Å². The molecule has 1 N–H and O–H groups in total. The minimum absolute atomic E-state index is 0.0252. The molecule has 0 aliphatic heterocycles. The highest BCUT2D eigenvalue weighted by atomic mass is 32.2. The summed E-state index contributed by atoms with van der Waals surface area (Å²) in [5.74, 6) is -0.108. The Labute approximate surface area is 173 Å². The maximum Gasteiger partial charge on any atom is 0.263 e. The van der Waals surface area contributed by atoms with E-state index in [0.717, 1.165) is 0 Å². The number of ether oxygens (including phenoxy) is 1. The summed E-state index contributed by atoms with van der Waals surface area (Å²) < 4.78 is 52.9. The molecule has 0 bridgehead atoms. The number of halogens is 1. The van der Waals surface area contributed by atoms with Gasteiger partial charge < -0.3 is 9.15 Å².